The van der Waals surface area contributed by atoms with Gasteiger partial charge in [-0.1, -0.05) is 28.1 Å². The molecule has 0 spiro atoms. The first-order valence-electron chi connectivity index (χ1n) is 6.66. The second-order valence-corrected chi connectivity index (χ2v) is 8.42. The fraction of sp³-hybridized carbons (Fsp3) is 0.375. The molecule has 1 unspecified atom stereocenters. The van der Waals surface area contributed by atoms with Crippen molar-refractivity contribution in [2.45, 2.75) is 30.8 Å². The number of aryl methyl sites for hydroxylation is 3. The first kappa shape index (κ1) is 14.6. The molecule has 0 radical (unpaired) electrons. The van der Waals surface area contributed by atoms with Crippen molar-refractivity contribution in [1.82, 2.24) is 0 Å². The van der Waals surface area contributed by atoms with Crippen LogP contribution in [-0.2, 0) is 12.2 Å². The summed E-state index contributed by atoms with van der Waals surface area (Å²) >= 11 is 7.70. The highest BCUT2D eigenvalue weighted by atomic mass is 79.9. The van der Waals surface area contributed by atoms with Crippen LogP contribution in [0.25, 0.3) is 0 Å². The Hall–Kier alpha value is -0.320. The predicted octanol–water partition coefficient (Wildman–Crippen LogP) is 5.78. The molecule has 1 aliphatic heterocycles. The molecule has 1 aliphatic rings. The lowest BCUT2D eigenvalue weighted by Gasteiger charge is -2.11. The quantitative estimate of drug-likeness (QED) is 0.603. The molecule has 1 aromatic heterocycles. The van der Waals surface area contributed by atoms with Gasteiger partial charge in [0.1, 0.15) is 5.82 Å². The van der Waals surface area contributed by atoms with E-state index >= 15 is 0 Å². The molecule has 0 aliphatic carbocycles. The van der Waals surface area contributed by atoms with Crippen molar-refractivity contribution in [3.05, 3.63) is 56.0 Å². The van der Waals surface area contributed by atoms with Crippen molar-refractivity contribution >= 4 is 39.0 Å². The fourth-order valence-corrected chi connectivity index (χ4v) is 5.64. The van der Waals surface area contributed by atoms with Crippen LogP contribution in [0.15, 0.2) is 18.2 Å². The van der Waals surface area contributed by atoms with Gasteiger partial charge in [0.25, 0.3) is 0 Å². The summed E-state index contributed by atoms with van der Waals surface area (Å²) in [5, 5.41) is 0. The van der Waals surface area contributed by atoms with Gasteiger partial charge in [-0.15, -0.1) is 11.3 Å². The van der Waals surface area contributed by atoms with Gasteiger partial charge in [0.15, 0.2) is 0 Å². The number of fused-ring (bicyclic) bond motifs is 1. The average molecular weight is 371 g/mol. The minimum Gasteiger partial charge on any atom is -0.206 e. The SMILES string of the molecule is Cc1cc(C(Br)c2cc3c(s2)CCSC3)cc(C)c1F. The molecule has 0 nitrogen and oxygen atoms in total. The van der Waals surface area contributed by atoms with Crippen LogP contribution in [0, 0.1) is 19.7 Å². The minimum atomic E-state index is -0.0877. The molecule has 0 amide bonds. The van der Waals surface area contributed by atoms with Crippen LogP contribution in [0.1, 0.15) is 36.8 Å². The third-order valence-electron chi connectivity index (χ3n) is 3.65. The van der Waals surface area contributed by atoms with E-state index < -0.39 is 0 Å². The predicted molar refractivity (Wildman–Crippen MR) is 90.8 cm³/mol. The van der Waals surface area contributed by atoms with Gasteiger partial charge in [0.2, 0.25) is 0 Å². The van der Waals surface area contributed by atoms with Crippen molar-refractivity contribution in [3.63, 3.8) is 0 Å². The number of hydrogen-bond donors (Lipinski definition) is 0. The molecule has 20 heavy (non-hydrogen) atoms. The lowest BCUT2D eigenvalue weighted by Crippen LogP contribution is -1.96. The summed E-state index contributed by atoms with van der Waals surface area (Å²) in [7, 11) is 0. The third-order valence-corrected chi connectivity index (χ3v) is 7.28. The Labute approximate surface area is 135 Å². The first-order chi connectivity index (χ1) is 9.56. The van der Waals surface area contributed by atoms with Gasteiger partial charge >= 0.3 is 0 Å². The minimum absolute atomic E-state index is 0.0877. The topological polar surface area (TPSA) is 0 Å². The zero-order valence-corrected chi connectivity index (χ0v) is 14.7. The Morgan fingerprint density at radius 2 is 1.90 bits per heavy atom. The molecule has 3 rings (SSSR count). The summed E-state index contributed by atoms with van der Waals surface area (Å²) in [4.78, 5) is 3.03. The number of hydrogen-bond acceptors (Lipinski definition) is 2. The molecule has 1 aromatic carbocycles. The van der Waals surface area contributed by atoms with E-state index in [1.165, 1.54) is 27.5 Å². The molecule has 0 N–H and O–H groups in total. The summed E-state index contributed by atoms with van der Waals surface area (Å²) in [6, 6.07) is 6.23. The number of alkyl halides is 1. The van der Waals surface area contributed by atoms with Crippen molar-refractivity contribution < 1.29 is 4.39 Å². The summed E-state index contributed by atoms with van der Waals surface area (Å²) in [6.07, 6.45) is 1.19. The Balaban J connectivity index is 1.96. The molecule has 2 aromatic rings. The molecular formula is C16H16BrFS2. The number of thioether (sulfide) groups is 1. The summed E-state index contributed by atoms with van der Waals surface area (Å²) < 4.78 is 13.7. The van der Waals surface area contributed by atoms with Gasteiger partial charge < -0.3 is 0 Å². The zero-order chi connectivity index (χ0) is 14.3. The fourth-order valence-electron chi connectivity index (χ4n) is 2.59. The molecule has 4 heteroatoms. The molecule has 1 atom stereocenters. The molecule has 0 bridgehead atoms. The lowest BCUT2D eigenvalue weighted by atomic mass is 10.0. The van der Waals surface area contributed by atoms with E-state index in [0.29, 0.717) is 0 Å². The molecule has 0 saturated heterocycles. The second kappa shape index (κ2) is 5.82. The number of thiophene rings is 1. The van der Waals surface area contributed by atoms with Crippen molar-refractivity contribution in [1.29, 1.82) is 0 Å². The van der Waals surface area contributed by atoms with Gasteiger partial charge in [0.05, 0.1) is 4.83 Å². The Kier molecular flexibility index (Phi) is 4.25. The molecule has 106 valence electrons. The van der Waals surface area contributed by atoms with E-state index in [-0.39, 0.29) is 10.6 Å². The van der Waals surface area contributed by atoms with Crippen molar-refractivity contribution in [3.8, 4) is 0 Å². The summed E-state index contributed by atoms with van der Waals surface area (Å²) in [5.41, 5.74) is 4.08. The monoisotopic (exact) mass is 370 g/mol. The number of halogens is 2. The first-order valence-corrected chi connectivity index (χ1v) is 9.55. The molecular weight excluding hydrogens is 355 g/mol. The van der Waals surface area contributed by atoms with E-state index in [4.69, 9.17) is 0 Å². The van der Waals surface area contributed by atoms with Crippen LogP contribution in [0.3, 0.4) is 0 Å². The van der Waals surface area contributed by atoms with E-state index in [1.807, 2.05) is 49.1 Å². The molecule has 2 heterocycles. The zero-order valence-electron chi connectivity index (χ0n) is 11.5. The smallest absolute Gasteiger partial charge is 0.129 e. The van der Waals surface area contributed by atoms with Crippen LogP contribution in [-0.4, -0.2) is 5.75 Å². The summed E-state index contributed by atoms with van der Waals surface area (Å²) in [5.74, 6) is 2.28. The van der Waals surface area contributed by atoms with Gasteiger partial charge in [-0.2, -0.15) is 11.8 Å². The van der Waals surface area contributed by atoms with Crippen LogP contribution < -0.4 is 0 Å². The third kappa shape index (κ3) is 2.70. The largest absolute Gasteiger partial charge is 0.206 e. The van der Waals surface area contributed by atoms with Crippen LogP contribution in [0.2, 0.25) is 0 Å². The van der Waals surface area contributed by atoms with Crippen molar-refractivity contribution in [2.75, 3.05) is 5.75 Å². The van der Waals surface area contributed by atoms with Crippen LogP contribution in [0.4, 0.5) is 4.39 Å². The average Bonchev–Trinajstić information content (AvgIpc) is 2.87. The van der Waals surface area contributed by atoms with Gasteiger partial charge in [0, 0.05) is 15.5 Å². The van der Waals surface area contributed by atoms with E-state index in [1.54, 1.807) is 0 Å². The molecule has 0 saturated carbocycles. The highest BCUT2D eigenvalue weighted by Gasteiger charge is 2.20. The maximum absolute atomic E-state index is 13.7. The Morgan fingerprint density at radius 3 is 2.55 bits per heavy atom. The highest BCUT2D eigenvalue weighted by molar-refractivity contribution is 9.09. The van der Waals surface area contributed by atoms with Gasteiger partial charge in [-0.3, -0.25) is 0 Å². The normalized spacial score (nSPS) is 16.0. The Bertz CT molecular complexity index is 601. The maximum atomic E-state index is 13.7. The number of rotatable bonds is 2. The van der Waals surface area contributed by atoms with Crippen LogP contribution >= 0.6 is 39.0 Å². The van der Waals surface area contributed by atoms with E-state index in [9.17, 15) is 4.39 Å². The van der Waals surface area contributed by atoms with Gasteiger partial charge in [-0.25, -0.2) is 4.39 Å². The highest BCUT2D eigenvalue weighted by Crippen LogP contribution is 2.40. The van der Waals surface area contributed by atoms with Gasteiger partial charge in [-0.05, 0) is 54.3 Å². The Morgan fingerprint density at radius 1 is 1.20 bits per heavy atom. The number of benzene rings is 1. The lowest BCUT2D eigenvalue weighted by molar-refractivity contribution is 0.608. The van der Waals surface area contributed by atoms with Crippen LogP contribution in [0.5, 0.6) is 0 Å². The summed E-state index contributed by atoms with van der Waals surface area (Å²) in [6.45, 7) is 3.67. The second-order valence-electron chi connectivity index (χ2n) is 5.23. The molecule has 0 fully saturated rings. The standard InChI is InChI=1S/C16H16BrFS2/c1-9-5-11(6-10(2)16(9)18)15(17)14-7-12-8-19-4-3-13(12)20-14/h5-7,15H,3-4,8H2,1-2H3. The maximum Gasteiger partial charge on any atom is 0.129 e. The van der Waals surface area contributed by atoms with E-state index in [0.717, 1.165) is 22.4 Å². The van der Waals surface area contributed by atoms with Crippen molar-refractivity contribution in [2.24, 2.45) is 0 Å². The van der Waals surface area contributed by atoms with E-state index in [2.05, 4.69) is 22.0 Å².